The van der Waals surface area contributed by atoms with Gasteiger partial charge in [0.1, 0.15) is 5.82 Å². The van der Waals surface area contributed by atoms with Gasteiger partial charge in [-0.05, 0) is 18.2 Å². The summed E-state index contributed by atoms with van der Waals surface area (Å²) in [5, 5.41) is 9.34. The Morgan fingerprint density at radius 2 is 1.96 bits per heavy atom. The Bertz CT molecular complexity index is 1080. The number of para-hydroxylation sites is 2. The van der Waals surface area contributed by atoms with Crippen molar-refractivity contribution in [2.24, 2.45) is 0 Å². The smallest absolute Gasteiger partial charge is 0.275 e. The van der Waals surface area contributed by atoms with Crippen molar-refractivity contribution >= 4 is 51.6 Å². The third-order valence-electron chi connectivity index (χ3n) is 3.59. The molecule has 128 valence electrons. The lowest BCUT2D eigenvalue weighted by Crippen LogP contribution is -2.03. The molecule has 0 saturated heterocycles. The minimum absolute atomic E-state index is 0.198. The topological polar surface area (TPSA) is 48.0 Å². The molecule has 1 aromatic carbocycles. The number of pyridine rings is 1. The first-order chi connectivity index (χ1) is 12.0. The Hall–Kier alpha value is -1.90. The monoisotopic (exact) mass is 399 g/mol. The summed E-state index contributed by atoms with van der Waals surface area (Å²) in [4.78, 5) is 4.30. The van der Waals surface area contributed by atoms with E-state index >= 15 is 0 Å². The van der Waals surface area contributed by atoms with Crippen molar-refractivity contribution in [1.82, 2.24) is 24.1 Å². The van der Waals surface area contributed by atoms with E-state index in [4.69, 9.17) is 23.2 Å². The molecule has 0 saturated carbocycles. The number of aromatic nitrogens is 5. The number of hydrogen-bond donors (Lipinski definition) is 0. The molecule has 3 heterocycles. The van der Waals surface area contributed by atoms with Crippen molar-refractivity contribution in [3.05, 3.63) is 52.4 Å². The van der Waals surface area contributed by atoms with E-state index in [9.17, 15) is 8.78 Å². The Kier molecular flexibility index (Phi) is 4.26. The highest BCUT2D eigenvalue weighted by molar-refractivity contribution is 7.98. The van der Waals surface area contributed by atoms with Crippen LogP contribution in [0.1, 0.15) is 12.4 Å². The summed E-state index contributed by atoms with van der Waals surface area (Å²) >= 11 is 13.3. The van der Waals surface area contributed by atoms with Crippen molar-refractivity contribution < 1.29 is 8.78 Å². The van der Waals surface area contributed by atoms with Crippen LogP contribution in [-0.4, -0.2) is 24.1 Å². The number of rotatable bonds is 4. The van der Waals surface area contributed by atoms with E-state index in [1.54, 1.807) is 40.9 Å². The number of thioether (sulfide) groups is 1. The number of hydrogen-bond acceptors (Lipinski definition) is 4. The van der Waals surface area contributed by atoms with Gasteiger partial charge in [0.15, 0.2) is 10.8 Å². The minimum Gasteiger partial charge on any atom is -0.275 e. The molecule has 3 aromatic heterocycles. The van der Waals surface area contributed by atoms with Gasteiger partial charge >= 0.3 is 6.55 Å². The van der Waals surface area contributed by atoms with Crippen LogP contribution in [0.3, 0.4) is 0 Å². The number of alkyl halides is 2. The maximum Gasteiger partial charge on any atom is 0.320 e. The molecule has 0 fully saturated rings. The fourth-order valence-electron chi connectivity index (χ4n) is 2.54. The highest BCUT2D eigenvalue weighted by atomic mass is 35.5. The number of halogens is 4. The van der Waals surface area contributed by atoms with Gasteiger partial charge < -0.3 is 0 Å². The predicted molar refractivity (Wildman–Crippen MR) is 93.6 cm³/mol. The third kappa shape index (κ3) is 2.94. The van der Waals surface area contributed by atoms with Crippen LogP contribution in [0, 0.1) is 0 Å². The maximum absolute atomic E-state index is 13.5. The van der Waals surface area contributed by atoms with Gasteiger partial charge in [0.2, 0.25) is 0 Å². The fraction of sp³-hybridized carbons (Fsp3) is 0.133. The molecule has 5 nitrogen and oxygen atoms in total. The van der Waals surface area contributed by atoms with Crippen LogP contribution in [0.15, 0.2) is 41.7 Å². The fourth-order valence-corrected chi connectivity index (χ4v) is 3.89. The third-order valence-corrected chi connectivity index (χ3v) is 5.01. The summed E-state index contributed by atoms with van der Waals surface area (Å²) in [6.45, 7) is -2.68. The average Bonchev–Trinajstić information content (AvgIpc) is 3.13. The molecule has 4 rings (SSSR count). The molecule has 0 unspecified atom stereocenters. The second kappa shape index (κ2) is 6.44. The van der Waals surface area contributed by atoms with E-state index < -0.39 is 6.55 Å². The summed E-state index contributed by atoms with van der Waals surface area (Å²) in [7, 11) is 0. The molecular weight excluding hydrogens is 391 g/mol. The molecule has 0 bridgehead atoms. The van der Waals surface area contributed by atoms with Gasteiger partial charge in [-0.25, -0.2) is 4.98 Å². The largest absolute Gasteiger partial charge is 0.320 e. The van der Waals surface area contributed by atoms with E-state index in [0.29, 0.717) is 31.9 Å². The molecule has 0 N–H and O–H groups in total. The maximum atomic E-state index is 13.5. The van der Waals surface area contributed by atoms with E-state index in [0.717, 1.165) is 4.57 Å². The molecule has 0 radical (unpaired) electrons. The summed E-state index contributed by atoms with van der Waals surface area (Å²) in [6.07, 6.45) is 1.63. The van der Waals surface area contributed by atoms with Crippen molar-refractivity contribution in [3.8, 4) is 0 Å². The molecular formula is C15H9Cl2F2N5S. The highest BCUT2D eigenvalue weighted by Crippen LogP contribution is 2.30. The molecule has 4 aromatic rings. The van der Waals surface area contributed by atoms with Gasteiger partial charge in [0, 0.05) is 6.20 Å². The van der Waals surface area contributed by atoms with Crippen molar-refractivity contribution in [1.29, 1.82) is 0 Å². The quantitative estimate of drug-likeness (QED) is 0.449. The second-order valence-electron chi connectivity index (χ2n) is 5.14. The lowest BCUT2D eigenvalue weighted by molar-refractivity contribution is 0.0722. The normalized spacial score (nSPS) is 11.9. The summed E-state index contributed by atoms with van der Waals surface area (Å²) in [6, 6.07) is 8.36. The summed E-state index contributed by atoms with van der Waals surface area (Å²) in [5.41, 5.74) is 1.37. The van der Waals surface area contributed by atoms with Crippen molar-refractivity contribution in [2.45, 2.75) is 17.5 Å². The number of imidazole rings is 1. The molecule has 0 aliphatic carbocycles. The van der Waals surface area contributed by atoms with E-state index in [2.05, 4.69) is 15.2 Å². The summed E-state index contributed by atoms with van der Waals surface area (Å²) < 4.78 is 29.5. The lowest BCUT2D eigenvalue weighted by Gasteiger charge is -2.07. The van der Waals surface area contributed by atoms with Crippen LogP contribution >= 0.6 is 35.0 Å². The van der Waals surface area contributed by atoms with Gasteiger partial charge in [0.25, 0.3) is 0 Å². The van der Waals surface area contributed by atoms with Gasteiger partial charge in [-0.15, -0.1) is 10.2 Å². The van der Waals surface area contributed by atoms with Gasteiger partial charge in [0.05, 0.1) is 26.8 Å². The predicted octanol–water partition coefficient (Wildman–Crippen LogP) is 5.07. The van der Waals surface area contributed by atoms with Crippen LogP contribution in [0.4, 0.5) is 8.78 Å². The van der Waals surface area contributed by atoms with Gasteiger partial charge in [-0.2, -0.15) is 8.78 Å². The molecule has 0 aliphatic rings. The van der Waals surface area contributed by atoms with E-state index in [-0.39, 0.29) is 11.6 Å². The summed E-state index contributed by atoms with van der Waals surface area (Å²) in [5.74, 6) is 0.454. The van der Waals surface area contributed by atoms with Gasteiger partial charge in [-0.1, -0.05) is 47.1 Å². The Labute approximate surface area is 154 Å². The van der Waals surface area contributed by atoms with E-state index in [1.807, 2.05) is 0 Å². The number of fused-ring (bicyclic) bond motifs is 2. The number of benzene rings is 1. The molecule has 0 spiro atoms. The van der Waals surface area contributed by atoms with Crippen molar-refractivity contribution in [2.75, 3.05) is 0 Å². The first-order valence-corrected chi connectivity index (χ1v) is 8.85. The molecule has 10 heteroatoms. The second-order valence-corrected chi connectivity index (χ2v) is 6.92. The molecule has 0 amide bonds. The average molecular weight is 400 g/mol. The molecule has 0 atom stereocenters. The van der Waals surface area contributed by atoms with Crippen LogP contribution in [0.25, 0.3) is 16.7 Å². The Balaban J connectivity index is 1.70. The van der Waals surface area contributed by atoms with Crippen molar-refractivity contribution in [3.63, 3.8) is 0 Å². The number of nitrogens with zero attached hydrogens (tertiary/aromatic N) is 5. The zero-order chi connectivity index (χ0) is 17.6. The molecule has 25 heavy (non-hydrogen) atoms. The zero-order valence-electron chi connectivity index (χ0n) is 12.4. The van der Waals surface area contributed by atoms with Crippen LogP contribution in [0.2, 0.25) is 10.0 Å². The Morgan fingerprint density at radius 1 is 1.16 bits per heavy atom. The van der Waals surface area contributed by atoms with Gasteiger partial charge in [-0.3, -0.25) is 8.97 Å². The first-order valence-electron chi connectivity index (χ1n) is 7.11. The standard InChI is InChI=1S/C15H9Cl2F2N5S/c16-8-5-9(17)13-21-22-15(23(13)6-8)25-7-12-20-10-3-1-2-4-11(10)24(12)14(18)19/h1-6,14H,7H2. The highest BCUT2D eigenvalue weighted by Gasteiger charge is 2.19. The minimum atomic E-state index is -2.68. The first kappa shape index (κ1) is 16.6. The SMILES string of the molecule is FC(F)n1c(CSc2nnc3c(Cl)cc(Cl)cn23)nc2ccccc21. The lowest BCUT2D eigenvalue weighted by atomic mass is 10.3. The van der Waals surface area contributed by atoms with Crippen LogP contribution in [0.5, 0.6) is 0 Å². The molecule has 0 aliphatic heterocycles. The van der Waals surface area contributed by atoms with Crippen LogP contribution < -0.4 is 0 Å². The Morgan fingerprint density at radius 3 is 2.76 bits per heavy atom. The zero-order valence-corrected chi connectivity index (χ0v) is 14.7. The van der Waals surface area contributed by atoms with Crippen LogP contribution in [-0.2, 0) is 5.75 Å². The van der Waals surface area contributed by atoms with E-state index in [1.165, 1.54) is 11.8 Å².